The van der Waals surface area contributed by atoms with Crippen LogP contribution in [0.25, 0.3) is 0 Å². The number of hydrogen-bond donors (Lipinski definition) is 0. The van der Waals surface area contributed by atoms with Crippen LogP contribution in [-0.4, -0.2) is 30.8 Å². The number of allylic oxidation sites excluding steroid dienone is 2. The molecule has 1 atom stereocenters. The molecule has 0 N–H and O–H groups in total. The third-order valence-electron chi connectivity index (χ3n) is 3.30. The van der Waals surface area contributed by atoms with E-state index in [-0.39, 0.29) is 11.4 Å². The van der Waals surface area contributed by atoms with Crippen molar-refractivity contribution in [3.05, 3.63) is 22.5 Å². The third-order valence-corrected chi connectivity index (χ3v) is 3.30. The number of carbonyl (C=O) groups excluding carboxylic acids is 2. The second-order valence-electron chi connectivity index (χ2n) is 4.18. The minimum Gasteiger partial charge on any atom is -0.468 e. The van der Waals surface area contributed by atoms with E-state index in [1.165, 1.54) is 14.0 Å². The van der Waals surface area contributed by atoms with Gasteiger partial charge in [0.05, 0.1) is 18.8 Å². The van der Waals surface area contributed by atoms with Crippen LogP contribution in [0, 0.1) is 17.2 Å². The molecular weight excluding hydrogens is 232 g/mol. The number of nitriles is 1. The van der Waals surface area contributed by atoms with E-state index in [0.29, 0.717) is 17.0 Å². The molecule has 0 spiro atoms. The van der Waals surface area contributed by atoms with E-state index in [1.54, 1.807) is 25.8 Å². The lowest BCUT2D eigenvalue weighted by Crippen LogP contribution is -2.34. The zero-order valence-corrected chi connectivity index (χ0v) is 11.2. The minimum atomic E-state index is -0.909. The van der Waals surface area contributed by atoms with Gasteiger partial charge < -0.3 is 9.64 Å². The molecule has 0 radical (unpaired) electrons. The molecule has 0 saturated carbocycles. The molecule has 0 aliphatic carbocycles. The molecule has 0 saturated heterocycles. The number of ether oxygens (including phenoxy) is 1. The standard InChI is InChI=1S/C13H16N2O3/c1-7-10(6-14)12(13(17)18-5)11(9(3)16)8(2)15(7)4/h12H,1-5H3. The van der Waals surface area contributed by atoms with Crippen LogP contribution in [0.1, 0.15) is 20.8 Å². The molecule has 0 amide bonds. The maximum Gasteiger partial charge on any atom is 0.318 e. The molecular formula is C13H16N2O3. The van der Waals surface area contributed by atoms with Gasteiger partial charge in [-0.2, -0.15) is 5.26 Å². The van der Waals surface area contributed by atoms with Crippen molar-refractivity contribution in [2.75, 3.05) is 14.2 Å². The van der Waals surface area contributed by atoms with Crippen molar-refractivity contribution in [2.24, 2.45) is 5.92 Å². The number of rotatable bonds is 2. The van der Waals surface area contributed by atoms with Crippen molar-refractivity contribution in [2.45, 2.75) is 20.8 Å². The summed E-state index contributed by atoms with van der Waals surface area (Å²) in [4.78, 5) is 25.3. The third kappa shape index (κ3) is 2.02. The topological polar surface area (TPSA) is 70.4 Å². The molecule has 5 nitrogen and oxygen atoms in total. The van der Waals surface area contributed by atoms with Crippen LogP contribution in [-0.2, 0) is 14.3 Å². The summed E-state index contributed by atoms with van der Waals surface area (Å²) >= 11 is 0. The molecule has 0 aromatic rings. The van der Waals surface area contributed by atoms with Crippen LogP contribution in [0.3, 0.4) is 0 Å². The Morgan fingerprint density at radius 3 is 2.28 bits per heavy atom. The highest BCUT2D eigenvalue weighted by atomic mass is 16.5. The molecule has 1 rings (SSSR count). The largest absolute Gasteiger partial charge is 0.468 e. The highest BCUT2D eigenvalue weighted by Crippen LogP contribution is 2.35. The molecule has 1 aliphatic rings. The van der Waals surface area contributed by atoms with Crippen LogP contribution in [0.15, 0.2) is 22.5 Å². The lowest BCUT2D eigenvalue weighted by Gasteiger charge is -2.32. The summed E-state index contributed by atoms with van der Waals surface area (Å²) in [5, 5.41) is 9.20. The van der Waals surface area contributed by atoms with Crippen molar-refractivity contribution in [1.82, 2.24) is 4.90 Å². The van der Waals surface area contributed by atoms with Crippen molar-refractivity contribution in [3.63, 3.8) is 0 Å². The summed E-state index contributed by atoms with van der Waals surface area (Å²) in [6, 6.07) is 2.01. The van der Waals surface area contributed by atoms with Gasteiger partial charge in [0.25, 0.3) is 0 Å². The van der Waals surface area contributed by atoms with Crippen LogP contribution in [0.2, 0.25) is 0 Å². The number of nitrogens with zero attached hydrogens (tertiary/aromatic N) is 2. The Hall–Kier alpha value is -2.09. The van der Waals surface area contributed by atoms with Crippen molar-refractivity contribution >= 4 is 11.8 Å². The van der Waals surface area contributed by atoms with Crippen LogP contribution >= 0.6 is 0 Å². The van der Waals surface area contributed by atoms with Gasteiger partial charge in [-0.1, -0.05) is 0 Å². The first-order valence-corrected chi connectivity index (χ1v) is 5.50. The summed E-state index contributed by atoms with van der Waals surface area (Å²) in [7, 11) is 3.01. The zero-order chi connectivity index (χ0) is 14.0. The molecule has 1 aliphatic heterocycles. The summed E-state index contributed by atoms with van der Waals surface area (Å²) in [6.07, 6.45) is 0. The van der Waals surface area contributed by atoms with Gasteiger partial charge in [0.1, 0.15) is 5.92 Å². The average molecular weight is 248 g/mol. The molecule has 0 aromatic carbocycles. The average Bonchev–Trinajstić information content (AvgIpc) is 2.34. The van der Waals surface area contributed by atoms with Crippen molar-refractivity contribution in [1.29, 1.82) is 5.26 Å². The normalized spacial score (nSPS) is 19.8. The molecule has 96 valence electrons. The molecule has 0 fully saturated rings. The molecule has 0 aromatic heterocycles. The lowest BCUT2D eigenvalue weighted by molar-refractivity contribution is -0.143. The van der Waals surface area contributed by atoms with Gasteiger partial charge in [-0.05, 0) is 20.8 Å². The Balaban J connectivity index is 3.52. The van der Waals surface area contributed by atoms with Crippen molar-refractivity contribution < 1.29 is 14.3 Å². The monoisotopic (exact) mass is 248 g/mol. The Kier molecular flexibility index (Phi) is 3.92. The summed E-state index contributed by atoms with van der Waals surface area (Å²) < 4.78 is 4.70. The number of ketones is 1. The quantitative estimate of drug-likeness (QED) is 0.690. The smallest absolute Gasteiger partial charge is 0.318 e. The molecule has 0 bridgehead atoms. The predicted molar refractivity (Wildman–Crippen MR) is 65.0 cm³/mol. The maximum atomic E-state index is 11.8. The van der Waals surface area contributed by atoms with E-state index in [4.69, 9.17) is 4.74 Å². The zero-order valence-electron chi connectivity index (χ0n) is 11.2. The molecule has 5 heteroatoms. The Bertz CT molecular complexity index is 509. The fraction of sp³-hybridized carbons (Fsp3) is 0.462. The van der Waals surface area contributed by atoms with Crippen LogP contribution < -0.4 is 0 Å². The van der Waals surface area contributed by atoms with E-state index < -0.39 is 11.9 Å². The Labute approximate surface area is 106 Å². The van der Waals surface area contributed by atoms with Gasteiger partial charge in [-0.3, -0.25) is 9.59 Å². The maximum absolute atomic E-state index is 11.8. The first-order valence-electron chi connectivity index (χ1n) is 5.50. The predicted octanol–water partition coefficient (Wildman–Crippen LogP) is 1.38. The number of esters is 1. The fourth-order valence-electron chi connectivity index (χ4n) is 2.13. The summed E-state index contributed by atoms with van der Waals surface area (Å²) in [5.41, 5.74) is 1.93. The van der Waals surface area contributed by atoms with Gasteiger partial charge in [-0.25, -0.2) is 0 Å². The Morgan fingerprint density at radius 1 is 1.33 bits per heavy atom. The van der Waals surface area contributed by atoms with Crippen LogP contribution in [0.5, 0.6) is 0 Å². The van der Waals surface area contributed by atoms with E-state index >= 15 is 0 Å². The first-order chi connectivity index (χ1) is 8.36. The van der Waals surface area contributed by atoms with Gasteiger partial charge in [0.2, 0.25) is 0 Å². The van der Waals surface area contributed by atoms with Gasteiger partial charge in [0.15, 0.2) is 5.78 Å². The number of carbonyl (C=O) groups is 2. The fourth-order valence-corrected chi connectivity index (χ4v) is 2.13. The van der Waals surface area contributed by atoms with E-state index in [9.17, 15) is 14.9 Å². The molecule has 18 heavy (non-hydrogen) atoms. The van der Waals surface area contributed by atoms with Gasteiger partial charge in [-0.15, -0.1) is 0 Å². The first kappa shape index (κ1) is 14.0. The summed E-state index contributed by atoms with van der Waals surface area (Å²) in [5.74, 6) is -1.72. The number of methoxy groups -OCH3 is 1. The van der Waals surface area contributed by atoms with E-state index in [1.807, 2.05) is 6.07 Å². The van der Waals surface area contributed by atoms with E-state index in [2.05, 4.69) is 0 Å². The molecule has 1 heterocycles. The number of Topliss-reactive ketones (excluding diaryl/α,β-unsaturated/α-hetero) is 1. The van der Waals surface area contributed by atoms with Crippen molar-refractivity contribution in [3.8, 4) is 6.07 Å². The minimum absolute atomic E-state index is 0.227. The van der Waals surface area contributed by atoms with E-state index in [0.717, 1.165) is 0 Å². The highest BCUT2D eigenvalue weighted by Gasteiger charge is 2.38. The second-order valence-corrected chi connectivity index (χ2v) is 4.18. The Morgan fingerprint density at radius 2 is 1.89 bits per heavy atom. The van der Waals surface area contributed by atoms with Gasteiger partial charge in [0, 0.05) is 24.0 Å². The second kappa shape index (κ2) is 5.05. The SMILES string of the molecule is COC(=O)C1C(C#N)=C(C)N(C)C(C)=C1C(C)=O. The highest BCUT2D eigenvalue weighted by molar-refractivity contribution is 6.01. The molecule has 1 unspecified atom stereocenters. The number of hydrogen-bond acceptors (Lipinski definition) is 5. The van der Waals surface area contributed by atoms with Crippen LogP contribution in [0.4, 0.5) is 0 Å². The summed E-state index contributed by atoms with van der Waals surface area (Å²) in [6.45, 7) is 4.89. The van der Waals surface area contributed by atoms with Gasteiger partial charge >= 0.3 is 5.97 Å². The lowest BCUT2D eigenvalue weighted by atomic mass is 9.83.